The van der Waals surface area contributed by atoms with Crippen molar-refractivity contribution in [3.05, 3.63) is 22.7 Å². The minimum atomic E-state index is -11.2. The van der Waals surface area contributed by atoms with Gasteiger partial charge in [-0.05, 0) is 0 Å². The van der Waals surface area contributed by atoms with Gasteiger partial charge in [-0.15, -0.1) is 0 Å². The van der Waals surface area contributed by atoms with Crippen molar-refractivity contribution < 1.29 is 32.9 Å². The van der Waals surface area contributed by atoms with Crippen molar-refractivity contribution in [1.29, 1.82) is 0 Å². The number of rotatable bonds is 0. The molecule has 8 heteroatoms. The Morgan fingerprint density at radius 2 is 1.46 bits per heavy atom. The summed E-state index contributed by atoms with van der Waals surface area (Å²) in [6.45, 7) is 0. The van der Waals surface area contributed by atoms with Gasteiger partial charge < -0.3 is 0 Å². The van der Waals surface area contributed by atoms with Gasteiger partial charge in [0.2, 0.25) is 0 Å². The van der Waals surface area contributed by atoms with Crippen molar-refractivity contribution in [3.63, 3.8) is 0 Å². The number of hydrogen-bond acceptors (Lipinski definition) is 0. The van der Waals surface area contributed by atoms with Gasteiger partial charge in [0.15, 0.2) is 0 Å². The third kappa shape index (κ3) is 24.5. The summed E-state index contributed by atoms with van der Waals surface area (Å²) in [5.74, 6) is 0. The third-order valence-electron chi connectivity index (χ3n) is 0.717. The van der Waals surface area contributed by atoms with Crippen molar-refractivity contribution in [2.45, 2.75) is 6.42 Å². The minimum absolute atomic E-state index is 1.06. The molecule has 1 aliphatic carbocycles. The van der Waals surface area contributed by atoms with E-state index in [0.717, 1.165) is 6.42 Å². The molecule has 0 nitrogen and oxygen atoms in total. The molecule has 0 heterocycles. The molecule has 80 valence electrons. The van der Waals surface area contributed by atoms with Gasteiger partial charge in [-0.3, -0.25) is 0 Å². The van der Waals surface area contributed by atoms with E-state index in [0.29, 0.717) is 0 Å². The molecule has 0 unspecified atom stereocenters. The molecule has 0 aromatic carbocycles. The van der Waals surface area contributed by atoms with E-state index in [9.17, 15) is 16.9 Å². The zero-order chi connectivity index (χ0) is 10.8. The number of hydrogen-bond donors (Lipinski definition) is 0. The monoisotopic (exact) mass is 356 g/mol. The van der Waals surface area contributed by atoms with Crippen molar-refractivity contribution in [1.82, 2.24) is 0 Å². The zero-order valence-electron chi connectivity index (χ0n) is 6.01. The Balaban J connectivity index is 0.000000223. The Kier molecular flexibility index (Phi) is 3.31. The zero-order valence-corrected chi connectivity index (χ0v) is 9.66. The fraction of sp³-hybridized carbons (Fsp3) is 0.200. The van der Waals surface area contributed by atoms with Crippen LogP contribution >= 0.6 is 0 Å². The van der Waals surface area contributed by atoms with Crippen LogP contribution in [0.3, 0.4) is 0 Å². The molecule has 0 fully saturated rings. The molecule has 0 N–H and O–H groups in total. The van der Waals surface area contributed by atoms with E-state index in [1.165, 1.54) is 4.47 Å². The molecule has 0 bridgehead atoms. The van der Waals surface area contributed by atoms with Gasteiger partial charge in [0.05, 0.1) is 0 Å². The van der Waals surface area contributed by atoms with Crippen LogP contribution in [0.5, 0.6) is 0 Å². The van der Waals surface area contributed by atoms with E-state index >= 15 is 0 Å². The summed E-state index contributed by atoms with van der Waals surface area (Å²) in [6.07, 6.45) is 7.21. The summed E-state index contributed by atoms with van der Waals surface area (Å²) in [7, 11) is 0. The van der Waals surface area contributed by atoms with Gasteiger partial charge in [0, 0.05) is 0 Å². The summed E-state index contributed by atoms with van der Waals surface area (Å²) in [5, 5.41) is 0. The summed E-state index contributed by atoms with van der Waals surface area (Å²) in [6, 6.07) is 0. The van der Waals surface area contributed by atoms with Gasteiger partial charge in [0.25, 0.3) is 0 Å². The van der Waals surface area contributed by atoms with Crippen LogP contribution in [0.15, 0.2) is 22.7 Å². The second-order valence-corrected chi connectivity index (χ2v) is 8.37. The van der Waals surface area contributed by atoms with Crippen LogP contribution in [-0.4, -0.2) is 19.5 Å². The van der Waals surface area contributed by atoms with Crippen molar-refractivity contribution in [2.24, 2.45) is 0 Å². The van der Waals surface area contributed by atoms with Gasteiger partial charge in [-0.25, -0.2) is 0 Å². The second-order valence-electron chi connectivity index (χ2n) is 2.19. The maximum absolute atomic E-state index is 11.2. The van der Waals surface area contributed by atoms with Crippen molar-refractivity contribution in [3.8, 4) is 0 Å². The molecule has 1 rings (SSSR count). The van der Waals surface area contributed by atoms with E-state index in [4.69, 9.17) is 0 Å². The Morgan fingerprint density at radius 1 is 1.08 bits per heavy atom. The molecule has 0 aromatic rings. The summed E-state index contributed by atoms with van der Waals surface area (Å²) < 4.78 is 60.8. The first-order chi connectivity index (χ1) is 5.34. The first-order valence-corrected chi connectivity index (χ1v) is 9.25. The first kappa shape index (κ1) is 13.4. The number of allylic oxidation sites excluding steroid dienone is 4. The summed E-state index contributed by atoms with van der Waals surface area (Å²) in [4.78, 5) is 0. The van der Waals surface area contributed by atoms with Crippen LogP contribution in [-0.2, 0) is 16.0 Å². The molecule has 0 atom stereocenters. The summed E-state index contributed by atoms with van der Waals surface area (Å²) in [5.41, 5.74) is 0. The van der Waals surface area contributed by atoms with Gasteiger partial charge in [0.1, 0.15) is 0 Å². The number of halogens is 6. The molecular weight excluding hydrogens is 352 g/mol. The average molecular weight is 357 g/mol. The summed E-state index contributed by atoms with van der Waals surface area (Å²) >= 11 is -7.51. The molecule has 0 aromatic heterocycles. The third-order valence-corrected chi connectivity index (χ3v) is 1.13. The van der Waals surface area contributed by atoms with Crippen LogP contribution < -0.4 is 0 Å². The van der Waals surface area contributed by atoms with E-state index < -0.39 is 19.5 Å². The fourth-order valence-corrected chi connectivity index (χ4v) is 0.652. The molecule has 0 amide bonds. The molecule has 0 saturated carbocycles. The topological polar surface area (TPSA) is 0 Å². The Bertz CT molecular complexity index is 234. The van der Waals surface area contributed by atoms with Gasteiger partial charge in [-0.1, -0.05) is 0 Å². The quantitative estimate of drug-likeness (QED) is 0.460. The van der Waals surface area contributed by atoms with Crippen molar-refractivity contribution >= 4 is 19.5 Å². The SMILES string of the molecule is [F][Sb-]([F])([F])([F])([F])[F].[Fe+][C]1=CC=CC1. The maximum atomic E-state index is 9.93. The van der Waals surface area contributed by atoms with E-state index in [1.54, 1.807) is 0 Å². The standard InChI is InChI=1S/C5H5.6FH.Fe.Sb/c1-2-4-5-3-1;;;;;;;;/h1-3H,4H2;6*1H;;/q;;;;;;;+1;+5/p-6. The van der Waals surface area contributed by atoms with Crippen LogP contribution in [0.1, 0.15) is 6.42 Å². The van der Waals surface area contributed by atoms with Crippen LogP contribution in [0.2, 0.25) is 0 Å². The predicted octanol–water partition coefficient (Wildman–Crippen LogP) is 3.52. The first-order valence-electron chi connectivity index (χ1n) is 2.91. The molecule has 0 aliphatic heterocycles. The van der Waals surface area contributed by atoms with Crippen LogP contribution in [0.25, 0.3) is 0 Å². The van der Waals surface area contributed by atoms with E-state index in [2.05, 4.69) is 22.1 Å². The molecule has 13 heavy (non-hydrogen) atoms. The molecule has 1 aliphatic rings. The molecular formula is C5H5F6FeSb. The molecule has 0 radical (unpaired) electrons. The van der Waals surface area contributed by atoms with Crippen LogP contribution in [0, 0.1) is 0 Å². The van der Waals surface area contributed by atoms with Crippen molar-refractivity contribution in [2.75, 3.05) is 0 Å². The molecule has 0 saturated heterocycles. The molecule has 0 spiro atoms. The Hall–Kier alpha value is 0.398. The normalized spacial score (nSPS) is 21.0. The van der Waals surface area contributed by atoms with Gasteiger partial charge in [-0.2, -0.15) is 0 Å². The average Bonchev–Trinajstić information content (AvgIpc) is 2.07. The fourth-order valence-electron chi connectivity index (χ4n) is 0.416. The Morgan fingerprint density at radius 3 is 1.54 bits per heavy atom. The second kappa shape index (κ2) is 3.21. The Labute approximate surface area is 81.4 Å². The van der Waals surface area contributed by atoms with E-state index in [-0.39, 0.29) is 0 Å². The predicted molar refractivity (Wildman–Crippen MR) is 34.2 cm³/mol. The van der Waals surface area contributed by atoms with E-state index in [1.807, 2.05) is 12.2 Å². The van der Waals surface area contributed by atoms with Crippen LogP contribution in [0.4, 0.5) is 16.9 Å². The van der Waals surface area contributed by atoms with Gasteiger partial charge >= 0.3 is 81.5 Å².